The number of ether oxygens (including phenoxy) is 2. The molecule has 0 saturated heterocycles. The van der Waals surface area contributed by atoms with Gasteiger partial charge < -0.3 is 9.47 Å². The summed E-state index contributed by atoms with van der Waals surface area (Å²) >= 11 is 5.86. The highest BCUT2D eigenvalue weighted by Crippen LogP contribution is 2.29. The smallest absolute Gasteiger partial charge is 0.188 e. The summed E-state index contributed by atoms with van der Waals surface area (Å²) in [6.07, 6.45) is 0. The molecular formula is C13H11ClFNO2. The number of halogens is 2. The molecule has 1 aromatic heterocycles. The molecule has 3 nitrogen and oxygen atoms in total. The standard InChI is InChI=1S/C13H11ClFNO2/c1-17-8-18-11-6-7-12(14)16-13(11)9-2-4-10(15)5-3-9/h2-7H,8H2,1H3. The topological polar surface area (TPSA) is 31.4 Å². The van der Waals surface area contributed by atoms with Crippen molar-refractivity contribution in [2.24, 2.45) is 0 Å². The van der Waals surface area contributed by atoms with Crippen LogP contribution >= 0.6 is 11.6 Å². The highest BCUT2D eigenvalue weighted by molar-refractivity contribution is 6.29. The van der Waals surface area contributed by atoms with Crippen molar-refractivity contribution in [2.75, 3.05) is 13.9 Å². The Kier molecular flexibility index (Phi) is 4.12. The largest absolute Gasteiger partial charge is 0.465 e. The van der Waals surface area contributed by atoms with Crippen molar-refractivity contribution in [3.05, 3.63) is 47.4 Å². The Balaban J connectivity index is 2.40. The van der Waals surface area contributed by atoms with Crippen LogP contribution in [0.1, 0.15) is 0 Å². The molecular weight excluding hydrogens is 257 g/mol. The Labute approximate surface area is 109 Å². The van der Waals surface area contributed by atoms with Crippen LogP contribution in [-0.4, -0.2) is 18.9 Å². The van der Waals surface area contributed by atoms with E-state index in [9.17, 15) is 4.39 Å². The van der Waals surface area contributed by atoms with Gasteiger partial charge in [-0.25, -0.2) is 9.37 Å². The predicted octanol–water partition coefficient (Wildman–Crippen LogP) is 3.52. The Morgan fingerprint density at radius 3 is 2.56 bits per heavy atom. The van der Waals surface area contributed by atoms with Crippen molar-refractivity contribution in [3.63, 3.8) is 0 Å². The van der Waals surface area contributed by atoms with E-state index in [-0.39, 0.29) is 12.6 Å². The highest BCUT2D eigenvalue weighted by Gasteiger charge is 2.09. The number of aromatic nitrogens is 1. The number of hydrogen-bond donors (Lipinski definition) is 0. The van der Waals surface area contributed by atoms with Crippen molar-refractivity contribution < 1.29 is 13.9 Å². The Hall–Kier alpha value is -1.65. The van der Waals surface area contributed by atoms with Crippen molar-refractivity contribution in [3.8, 4) is 17.0 Å². The predicted molar refractivity (Wildman–Crippen MR) is 67.1 cm³/mol. The van der Waals surface area contributed by atoms with Gasteiger partial charge >= 0.3 is 0 Å². The van der Waals surface area contributed by atoms with Crippen molar-refractivity contribution in [1.82, 2.24) is 4.98 Å². The molecule has 2 rings (SSSR count). The number of methoxy groups -OCH3 is 1. The number of benzene rings is 1. The van der Waals surface area contributed by atoms with E-state index in [1.54, 1.807) is 24.3 Å². The average Bonchev–Trinajstić information content (AvgIpc) is 2.38. The molecule has 0 aliphatic heterocycles. The van der Waals surface area contributed by atoms with Crippen LogP contribution in [-0.2, 0) is 4.74 Å². The molecule has 0 fully saturated rings. The number of pyridine rings is 1. The maximum Gasteiger partial charge on any atom is 0.188 e. The second kappa shape index (κ2) is 5.80. The maximum atomic E-state index is 12.9. The van der Waals surface area contributed by atoms with E-state index in [2.05, 4.69) is 4.98 Å². The fourth-order valence-electron chi connectivity index (χ4n) is 1.48. The lowest BCUT2D eigenvalue weighted by atomic mass is 10.1. The summed E-state index contributed by atoms with van der Waals surface area (Å²) in [6.45, 7) is 0.109. The molecule has 94 valence electrons. The zero-order valence-corrected chi connectivity index (χ0v) is 10.4. The molecule has 0 unspecified atom stereocenters. The van der Waals surface area contributed by atoms with Gasteiger partial charge in [0, 0.05) is 12.7 Å². The van der Waals surface area contributed by atoms with E-state index in [0.717, 1.165) is 5.56 Å². The minimum absolute atomic E-state index is 0.109. The third-order valence-electron chi connectivity index (χ3n) is 2.27. The van der Waals surface area contributed by atoms with Crippen molar-refractivity contribution in [1.29, 1.82) is 0 Å². The maximum absolute atomic E-state index is 12.9. The second-order valence-corrected chi connectivity index (χ2v) is 3.93. The van der Waals surface area contributed by atoms with Crippen LogP contribution in [0.25, 0.3) is 11.3 Å². The van der Waals surface area contributed by atoms with Gasteiger partial charge in [-0.15, -0.1) is 0 Å². The summed E-state index contributed by atoms with van der Waals surface area (Å²) in [7, 11) is 1.53. The van der Waals surface area contributed by atoms with Crippen LogP contribution in [0, 0.1) is 5.82 Å². The first-order chi connectivity index (χ1) is 8.70. The first-order valence-electron chi connectivity index (χ1n) is 5.25. The van der Waals surface area contributed by atoms with Gasteiger partial charge in [-0.3, -0.25) is 0 Å². The fraction of sp³-hybridized carbons (Fsp3) is 0.154. The van der Waals surface area contributed by atoms with Crippen molar-refractivity contribution >= 4 is 11.6 Å². The lowest BCUT2D eigenvalue weighted by Crippen LogP contribution is -2.01. The molecule has 0 radical (unpaired) electrons. The van der Waals surface area contributed by atoms with E-state index >= 15 is 0 Å². The molecule has 0 spiro atoms. The van der Waals surface area contributed by atoms with Gasteiger partial charge in [0.25, 0.3) is 0 Å². The Morgan fingerprint density at radius 2 is 1.89 bits per heavy atom. The first kappa shape index (κ1) is 12.8. The fourth-order valence-corrected chi connectivity index (χ4v) is 1.62. The Bertz CT molecular complexity index is 531. The van der Waals surface area contributed by atoms with Gasteiger partial charge in [-0.1, -0.05) is 11.6 Å². The molecule has 0 amide bonds. The summed E-state index contributed by atoms with van der Waals surface area (Å²) in [5, 5.41) is 0.346. The lowest BCUT2D eigenvalue weighted by Gasteiger charge is -2.10. The van der Waals surface area contributed by atoms with E-state index in [1.807, 2.05) is 0 Å². The van der Waals surface area contributed by atoms with E-state index in [1.165, 1.54) is 19.2 Å². The summed E-state index contributed by atoms with van der Waals surface area (Å²) in [5.74, 6) is 0.230. The van der Waals surface area contributed by atoms with Gasteiger partial charge in [-0.05, 0) is 36.4 Å². The molecule has 5 heteroatoms. The minimum Gasteiger partial charge on any atom is -0.465 e. The van der Waals surface area contributed by atoms with Gasteiger partial charge in [0.15, 0.2) is 6.79 Å². The summed E-state index contributed by atoms with van der Waals surface area (Å²) in [4.78, 5) is 4.19. The highest BCUT2D eigenvalue weighted by atomic mass is 35.5. The van der Waals surface area contributed by atoms with Gasteiger partial charge in [-0.2, -0.15) is 0 Å². The van der Waals surface area contributed by atoms with Crippen LogP contribution in [0.4, 0.5) is 4.39 Å². The third kappa shape index (κ3) is 2.97. The summed E-state index contributed by atoms with van der Waals surface area (Å²) in [6, 6.07) is 9.28. The third-order valence-corrected chi connectivity index (χ3v) is 2.48. The van der Waals surface area contributed by atoms with Crippen LogP contribution in [0.3, 0.4) is 0 Å². The van der Waals surface area contributed by atoms with Crippen LogP contribution < -0.4 is 4.74 Å². The molecule has 0 bridgehead atoms. The first-order valence-corrected chi connectivity index (χ1v) is 5.62. The molecule has 0 atom stereocenters. The molecule has 18 heavy (non-hydrogen) atoms. The van der Waals surface area contributed by atoms with Gasteiger partial charge in [0.1, 0.15) is 22.4 Å². The summed E-state index contributed by atoms with van der Waals surface area (Å²) in [5.41, 5.74) is 1.28. The average molecular weight is 268 g/mol. The van der Waals surface area contributed by atoms with Crippen LogP contribution in [0.15, 0.2) is 36.4 Å². The molecule has 0 aliphatic rings. The van der Waals surface area contributed by atoms with E-state index < -0.39 is 0 Å². The van der Waals surface area contributed by atoms with Gasteiger partial charge in [0.05, 0.1) is 0 Å². The monoisotopic (exact) mass is 267 g/mol. The lowest BCUT2D eigenvalue weighted by molar-refractivity contribution is 0.0513. The molecule has 2 aromatic rings. The van der Waals surface area contributed by atoms with Gasteiger partial charge in [0.2, 0.25) is 0 Å². The van der Waals surface area contributed by atoms with E-state index in [4.69, 9.17) is 21.1 Å². The molecule has 0 aliphatic carbocycles. The number of rotatable bonds is 4. The summed E-state index contributed by atoms with van der Waals surface area (Å²) < 4.78 is 23.1. The second-order valence-electron chi connectivity index (χ2n) is 3.54. The molecule has 1 aromatic carbocycles. The SMILES string of the molecule is COCOc1ccc(Cl)nc1-c1ccc(F)cc1. The zero-order chi connectivity index (χ0) is 13.0. The molecule has 1 heterocycles. The van der Waals surface area contributed by atoms with Crippen molar-refractivity contribution in [2.45, 2.75) is 0 Å². The molecule has 0 saturated carbocycles. The Morgan fingerprint density at radius 1 is 1.17 bits per heavy atom. The number of nitrogens with zero attached hydrogens (tertiary/aromatic N) is 1. The zero-order valence-electron chi connectivity index (χ0n) is 9.69. The number of hydrogen-bond acceptors (Lipinski definition) is 3. The van der Waals surface area contributed by atoms with Crippen LogP contribution in [0.5, 0.6) is 5.75 Å². The van der Waals surface area contributed by atoms with E-state index in [0.29, 0.717) is 16.6 Å². The quantitative estimate of drug-likeness (QED) is 0.627. The minimum atomic E-state index is -0.305. The normalized spacial score (nSPS) is 10.4. The molecule has 0 N–H and O–H groups in total. The van der Waals surface area contributed by atoms with Crippen LogP contribution in [0.2, 0.25) is 5.15 Å².